The molecule has 1 unspecified atom stereocenters. The van der Waals surface area contributed by atoms with E-state index in [1.165, 1.54) is 11.1 Å². The maximum absolute atomic E-state index is 13.1. The Labute approximate surface area is 106 Å². The molecule has 1 heterocycles. The second kappa shape index (κ2) is 4.19. The summed E-state index contributed by atoms with van der Waals surface area (Å²) in [5, 5.41) is 0. The van der Waals surface area contributed by atoms with Crippen molar-refractivity contribution in [3.63, 3.8) is 0 Å². The third-order valence-electron chi connectivity index (χ3n) is 4.04. The van der Waals surface area contributed by atoms with Gasteiger partial charge < -0.3 is 5.73 Å². The molecule has 1 aromatic carbocycles. The molecule has 1 aliphatic carbocycles. The maximum Gasteiger partial charge on any atom is 0.248 e. The SMILES string of the molecule is Nc1ccc2c(c1)CN(CC1CCC(F)(F)C1)C2. The number of nitrogens with zero attached hydrogens (tertiary/aromatic N) is 1. The van der Waals surface area contributed by atoms with Crippen LogP contribution in [0.3, 0.4) is 0 Å². The molecular weight excluding hydrogens is 234 g/mol. The number of anilines is 1. The molecule has 0 aromatic heterocycles. The fraction of sp³-hybridized carbons (Fsp3) is 0.571. The van der Waals surface area contributed by atoms with Crippen LogP contribution in [-0.4, -0.2) is 17.4 Å². The highest BCUT2D eigenvalue weighted by atomic mass is 19.3. The summed E-state index contributed by atoms with van der Waals surface area (Å²) >= 11 is 0. The van der Waals surface area contributed by atoms with Crippen LogP contribution in [-0.2, 0) is 13.1 Å². The van der Waals surface area contributed by atoms with Gasteiger partial charge in [0.15, 0.2) is 0 Å². The van der Waals surface area contributed by atoms with E-state index < -0.39 is 5.92 Å². The predicted molar refractivity (Wildman–Crippen MR) is 67.3 cm³/mol. The summed E-state index contributed by atoms with van der Waals surface area (Å²) in [4.78, 5) is 2.26. The van der Waals surface area contributed by atoms with Gasteiger partial charge in [0, 0.05) is 38.2 Å². The molecule has 0 spiro atoms. The zero-order valence-corrected chi connectivity index (χ0v) is 10.3. The van der Waals surface area contributed by atoms with Crippen molar-refractivity contribution < 1.29 is 8.78 Å². The van der Waals surface area contributed by atoms with E-state index in [1.807, 2.05) is 18.2 Å². The van der Waals surface area contributed by atoms with E-state index in [2.05, 4.69) is 4.90 Å². The summed E-state index contributed by atoms with van der Waals surface area (Å²) in [5.74, 6) is -2.28. The monoisotopic (exact) mass is 252 g/mol. The summed E-state index contributed by atoms with van der Waals surface area (Å²) in [6.45, 7) is 2.50. The van der Waals surface area contributed by atoms with Gasteiger partial charge in [-0.3, -0.25) is 4.90 Å². The number of nitrogen functional groups attached to an aromatic ring is 1. The average molecular weight is 252 g/mol. The summed E-state index contributed by atoms with van der Waals surface area (Å²) < 4.78 is 26.3. The first-order valence-corrected chi connectivity index (χ1v) is 6.49. The third kappa shape index (κ3) is 2.34. The Kier molecular flexibility index (Phi) is 2.77. The van der Waals surface area contributed by atoms with Crippen LogP contribution in [0.15, 0.2) is 18.2 Å². The molecule has 1 aliphatic heterocycles. The third-order valence-corrected chi connectivity index (χ3v) is 4.04. The van der Waals surface area contributed by atoms with Gasteiger partial charge in [0.25, 0.3) is 0 Å². The average Bonchev–Trinajstić information content (AvgIpc) is 2.81. The molecule has 1 saturated carbocycles. The molecule has 0 saturated heterocycles. The fourth-order valence-corrected chi connectivity index (χ4v) is 3.18. The van der Waals surface area contributed by atoms with Gasteiger partial charge in [-0.1, -0.05) is 6.07 Å². The molecule has 0 bridgehead atoms. The highest BCUT2D eigenvalue weighted by molar-refractivity contribution is 5.46. The fourth-order valence-electron chi connectivity index (χ4n) is 3.18. The quantitative estimate of drug-likeness (QED) is 0.820. The second-order valence-electron chi connectivity index (χ2n) is 5.66. The summed E-state index contributed by atoms with van der Waals surface area (Å²) in [6.07, 6.45) is 0.773. The Hall–Kier alpha value is -1.16. The lowest BCUT2D eigenvalue weighted by molar-refractivity contribution is 0.00338. The second-order valence-corrected chi connectivity index (χ2v) is 5.66. The van der Waals surface area contributed by atoms with Crippen LogP contribution in [0.25, 0.3) is 0 Å². The van der Waals surface area contributed by atoms with Crippen LogP contribution in [0.5, 0.6) is 0 Å². The zero-order chi connectivity index (χ0) is 12.8. The number of alkyl halides is 2. The van der Waals surface area contributed by atoms with Crippen LogP contribution in [0, 0.1) is 5.92 Å². The number of benzene rings is 1. The minimum Gasteiger partial charge on any atom is -0.399 e. The van der Waals surface area contributed by atoms with Crippen LogP contribution in [0.4, 0.5) is 14.5 Å². The Morgan fingerprint density at radius 3 is 2.78 bits per heavy atom. The first-order valence-electron chi connectivity index (χ1n) is 6.49. The standard InChI is InChI=1S/C14H18F2N2/c15-14(16)4-3-10(6-14)7-18-8-11-1-2-13(17)5-12(11)9-18/h1-2,5,10H,3-4,6-9,17H2. The lowest BCUT2D eigenvalue weighted by Gasteiger charge is -2.19. The molecule has 1 fully saturated rings. The molecule has 2 aliphatic rings. The van der Waals surface area contributed by atoms with E-state index in [-0.39, 0.29) is 18.8 Å². The first kappa shape index (κ1) is 11.9. The predicted octanol–water partition coefficient (Wildman–Crippen LogP) is 3.02. The lowest BCUT2D eigenvalue weighted by atomic mass is 10.1. The number of rotatable bonds is 2. The van der Waals surface area contributed by atoms with Gasteiger partial charge >= 0.3 is 0 Å². The summed E-state index contributed by atoms with van der Waals surface area (Å²) in [7, 11) is 0. The Morgan fingerprint density at radius 1 is 1.28 bits per heavy atom. The van der Waals surface area contributed by atoms with E-state index in [0.29, 0.717) is 6.42 Å². The molecule has 0 radical (unpaired) electrons. The lowest BCUT2D eigenvalue weighted by Crippen LogP contribution is -2.24. The molecule has 98 valence electrons. The maximum atomic E-state index is 13.1. The minimum atomic E-state index is -2.43. The van der Waals surface area contributed by atoms with Crippen LogP contribution in [0.2, 0.25) is 0 Å². The number of halogens is 2. The molecule has 2 N–H and O–H groups in total. The first-order chi connectivity index (χ1) is 8.52. The van der Waals surface area contributed by atoms with Crippen molar-refractivity contribution in [2.75, 3.05) is 12.3 Å². The van der Waals surface area contributed by atoms with Gasteiger partial charge in [-0.15, -0.1) is 0 Å². The van der Waals surface area contributed by atoms with Crippen LogP contribution >= 0.6 is 0 Å². The molecular formula is C14H18F2N2. The zero-order valence-electron chi connectivity index (χ0n) is 10.3. The van der Waals surface area contributed by atoms with E-state index in [9.17, 15) is 8.78 Å². The normalized spacial score (nSPS) is 26.4. The molecule has 3 rings (SSSR count). The van der Waals surface area contributed by atoms with Gasteiger partial charge in [0.1, 0.15) is 0 Å². The number of hydrogen-bond acceptors (Lipinski definition) is 2. The van der Waals surface area contributed by atoms with Gasteiger partial charge in [0.2, 0.25) is 5.92 Å². The Bertz CT molecular complexity index is 459. The molecule has 2 nitrogen and oxygen atoms in total. The van der Waals surface area contributed by atoms with Crippen molar-refractivity contribution in [1.82, 2.24) is 4.90 Å². The smallest absolute Gasteiger partial charge is 0.248 e. The van der Waals surface area contributed by atoms with Gasteiger partial charge in [-0.05, 0) is 35.6 Å². The largest absolute Gasteiger partial charge is 0.399 e. The summed E-state index contributed by atoms with van der Waals surface area (Å²) in [5.41, 5.74) is 9.07. The van der Waals surface area contributed by atoms with Crippen LogP contribution in [0.1, 0.15) is 30.4 Å². The van der Waals surface area contributed by atoms with E-state index in [4.69, 9.17) is 5.73 Å². The number of fused-ring (bicyclic) bond motifs is 1. The van der Waals surface area contributed by atoms with Gasteiger partial charge in [-0.2, -0.15) is 0 Å². The summed E-state index contributed by atoms with van der Waals surface area (Å²) in [6, 6.07) is 5.96. The Balaban J connectivity index is 1.61. The van der Waals surface area contributed by atoms with E-state index in [0.717, 1.165) is 25.3 Å². The Morgan fingerprint density at radius 2 is 2.06 bits per heavy atom. The van der Waals surface area contributed by atoms with Gasteiger partial charge in [-0.25, -0.2) is 8.78 Å². The highest BCUT2D eigenvalue weighted by Crippen LogP contribution is 2.40. The van der Waals surface area contributed by atoms with Crippen molar-refractivity contribution in [3.05, 3.63) is 29.3 Å². The molecule has 18 heavy (non-hydrogen) atoms. The van der Waals surface area contributed by atoms with Crippen molar-refractivity contribution in [3.8, 4) is 0 Å². The number of hydrogen-bond donors (Lipinski definition) is 1. The van der Waals surface area contributed by atoms with E-state index in [1.54, 1.807) is 0 Å². The van der Waals surface area contributed by atoms with Gasteiger partial charge in [0.05, 0.1) is 0 Å². The van der Waals surface area contributed by atoms with Crippen molar-refractivity contribution in [1.29, 1.82) is 0 Å². The molecule has 4 heteroatoms. The topological polar surface area (TPSA) is 29.3 Å². The number of nitrogens with two attached hydrogens (primary N) is 1. The molecule has 1 atom stereocenters. The van der Waals surface area contributed by atoms with Crippen molar-refractivity contribution in [2.24, 2.45) is 5.92 Å². The highest BCUT2D eigenvalue weighted by Gasteiger charge is 2.40. The van der Waals surface area contributed by atoms with E-state index >= 15 is 0 Å². The minimum absolute atomic E-state index is 0.0575. The van der Waals surface area contributed by atoms with Crippen LogP contribution < -0.4 is 5.73 Å². The van der Waals surface area contributed by atoms with Crippen molar-refractivity contribution >= 4 is 5.69 Å². The molecule has 1 aromatic rings. The van der Waals surface area contributed by atoms with Crippen molar-refractivity contribution in [2.45, 2.75) is 38.3 Å². The molecule has 0 amide bonds.